The number of carbonyl (C=O) groups is 1. The highest BCUT2D eigenvalue weighted by Gasteiger charge is 2.10. The quantitative estimate of drug-likeness (QED) is 0.782. The molecule has 0 saturated carbocycles. The van der Waals surface area contributed by atoms with Crippen LogP contribution in [0.15, 0.2) is 24.3 Å². The van der Waals surface area contributed by atoms with E-state index in [1.165, 1.54) is 0 Å². The lowest BCUT2D eigenvalue weighted by Gasteiger charge is -2.06. The molecule has 0 aliphatic carbocycles. The van der Waals surface area contributed by atoms with Crippen molar-refractivity contribution in [2.24, 2.45) is 0 Å². The molecule has 0 fully saturated rings. The Bertz CT molecular complexity index is 484. The predicted molar refractivity (Wildman–Crippen MR) is 59.0 cm³/mol. The zero-order chi connectivity index (χ0) is 11.4. The van der Waals surface area contributed by atoms with Crippen LogP contribution < -0.4 is 5.32 Å². The topological polar surface area (TPSA) is 83.6 Å². The first-order valence-corrected chi connectivity index (χ1v) is 5.03. The van der Waals surface area contributed by atoms with Gasteiger partial charge in [-0.25, -0.2) is 0 Å². The summed E-state index contributed by atoms with van der Waals surface area (Å²) in [7, 11) is 0. The molecule has 0 bridgehead atoms. The van der Waals surface area contributed by atoms with Gasteiger partial charge in [-0.05, 0) is 17.3 Å². The first-order valence-electron chi connectivity index (χ1n) is 4.50. The number of hydrogen-bond donors (Lipinski definition) is 2. The number of nitrogens with one attached hydrogen (secondary N) is 2. The van der Waals surface area contributed by atoms with E-state index in [1.807, 2.05) is 6.07 Å². The monoisotopic (exact) mass is 237 g/mol. The van der Waals surface area contributed by atoms with Crippen LogP contribution in [0.5, 0.6) is 0 Å². The number of H-pyrrole nitrogens is 1. The number of para-hydroxylation sites is 1. The van der Waals surface area contributed by atoms with E-state index in [-0.39, 0.29) is 11.8 Å². The van der Waals surface area contributed by atoms with Crippen LogP contribution in [0.25, 0.3) is 11.4 Å². The average molecular weight is 238 g/mol. The SMILES string of the molecule is O=C(CCl)Nc1ccccc1-c1nn[nH]n1. The Morgan fingerprint density at radius 2 is 2.25 bits per heavy atom. The third kappa shape index (κ3) is 2.17. The summed E-state index contributed by atoms with van der Waals surface area (Å²) in [6.45, 7) is 0. The third-order valence-electron chi connectivity index (χ3n) is 1.91. The van der Waals surface area contributed by atoms with Crippen LogP contribution in [0.3, 0.4) is 0 Å². The molecule has 0 radical (unpaired) electrons. The van der Waals surface area contributed by atoms with Gasteiger partial charge >= 0.3 is 0 Å². The van der Waals surface area contributed by atoms with Gasteiger partial charge in [0.1, 0.15) is 5.88 Å². The Morgan fingerprint density at radius 1 is 1.44 bits per heavy atom. The van der Waals surface area contributed by atoms with Crippen LogP contribution >= 0.6 is 11.6 Å². The fourth-order valence-corrected chi connectivity index (χ4v) is 1.31. The molecule has 2 rings (SSSR count). The molecule has 1 aromatic heterocycles. The summed E-state index contributed by atoms with van der Waals surface area (Å²) in [6, 6.07) is 7.15. The Morgan fingerprint density at radius 3 is 2.94 bits per heavy atom. The van der Waals surface area contributed by atoms with E-state index in [0.717, 1.165) is 0 Å². The average Bonchev–Trinajstić information content (AvgIpc) is 2.83. The summed E-state index contributed by atoms with van der Waals surface area (Å²) in [5.41, 5.74) is 1.30. The lowest BCUT2D eigenvalue weighted by atomic mass is 10.1. The van der Waals surface area contributed by atoms with Crippen molar-refractivity contribution in [3.63, 3.8) is 0 Å². The molecule has 0 atom stereocenters. The van der Waals surface area contributed by atoms with E-state index in [0.29, 0.717) is 17.1 Å². The van der Waals surface area contributed by atoms with Crippen molar-refractivity contribution < 1.29 is 4.79 Å². The van der Waals surface area contributed by atoms with Crippen molar-refractivity contribution in [2.45, 2.75) is 0 Å². The van der Waals surface area contributed by atoms with Gasteiger partial charge in [-0.15, -0.1) is 21.8 Å². The molecule has 1 aromatic carbocycles. The Balaban J connectivity index is 2.35. The lowest BCUT2D eigenvalue weighted by molar-refractivity contribution is -0.113. The standard InChI is InChI=1S/C9H8ClN5O/c10-5-8(16)11-7-4-2-1-3-6(7)9-12-14-15-13-9/h1-4H,5H2,(H,11,16)(H,12,13,14,15). The number of aromatic nitrogens is 4. The first-order chi connectivity index (χ1) is 7.81. The zero-order valence-electron chi connectivity index (χ0n) is 8.14. The molecule has 1 heterocycles. The van der Waals surface area contributed by atoms with Crippen LogP contribution in [-0.4, -0.2) is 32.4 Å². The number of tetrazole rings is 1. The summed E-state index contributed by atoms with van der Waals surface area (Å²) in [5.74, 6) is 0.0451. The number of anilines is 1. The first kappa shape index (κ1) is 10.6. The molecule has 82 valence electrons. The molecule has 6 nitrogen and oxygen atoms in total. The fraction of sp³-hybridized carbons (Fsp3) is 0.111. The van der Waals surface area contributed by atoms with E-state index in [4.69, 9.17) is 11.6 Å². The number of hydrogen-bond acceptors (Lipinski definition) is 4. The summed E-state index contributed by atoms with van der Waals surface area (Å²) in [6.07, 6.45) is 0. The second-order valence-electron chi connectivity index (χ2n) is 2.96. The smallest absolute Gasteiger partial charge is 0.239 e. The minimum Gasteiger partial charge on any atom is -0.324 e. The number of aromatic amines is 1. The number of benzene rings is 1. The maximum atomic E-state index is 11.2. The highest BCUT2D eigenvalue weighted by molar-refractivity contribution is 6.29. The van der Waals surface area contributed by atoms with Crippen LogP contribution in [0.4, 0.5) is 5.69 Å². The van der Waals surface area contributed by atoms with Crippen molar-refractivity contribution in [1.82, 2.24) is 20.6 Å². The molecule has 0 unspecified atom stereocenters. The summed E-state index contributed by atoms with van der Waals surface area (Å²) in [4.78, 5) is 11.2. The maximum Gasteiger partial charge on any atom is 0.239 e. The molecular formula is C9H8ClN5O. The number of carbonyl (C=O) groups excluding carboxylic acids is 1. The number of halogens is 1. The summed E-state index contributed by atoms with van der Waals surface area (Å²) < 4.78 is 0. The molecule has 0 spiro atoms. The summed E-state index contributed by atoms with van der Waals surface area (Å²) in [5, 5.41) is 16.2. The highest BCUT2D eigenvalue weighted by Crippen LogP contribution is 2.23. The van der Waals surface area contributed by atoms with Gasteiger partial charge in [0, 0.05) is 5.56 Å². The van der Waals surface area contributed by atoms with Crippen molar-refractivity contribution in [3.05, 3.63) is 24.3 Å². The van der Waals surface area contributed by atoms with Gasteiger partial charge in [-0.1, -0.05) is 12.1 Å². The van der Waals surface area contributed by atoms with E-state index < -0.39 is 0 Å². The molecule has 16 heavy (non-hydrogen) atoms. The number of nitrogens with zero attached hydrogens (tertiary/aromatic N) is 3. The Hall–Kier alpha value is -1.95. The van der Waals surface area contributed by atoms with Crippen LogP contribution in [-0.2, 0) is 4.79 Å². The lowest BCUT2D eigenvalue weighted by Crippen LogP contribution is -2.13. The van der Waals surface area contributed by atoms with Gasteiger partial charge in [0.05, 0.1) is 5.69 Å². The molecule has 2 N–H and O–H groups in total. The second kappa shape index (κ2) is 4.71. The van der Waals surface area contributed by atoms with Gasteiger partial charge < -0.3 is 5.32 Å². The van der Waals surface area contributed by atoms with Crippen molar-refractivity contribution >= 4 is 23.2 Å². The molecule has 0 aliphatic heterocycles. The minimum atomic E-state index is -0.280. The van der Waals surface area contributed by atoms with Gasteiger partial charge in [-0.2, -0.15) is 5.21 Å². The normalized spacial score (nSPS) is 10.1. The minimum absolute atomic E-state index is 0.0966. The van der Waals surface area contributed by atoms with Crippen LogP contribution in [0.2, 0.25) is 0 Å². The number of alkyl halides is 1. The van der Waals surface area contributed by atoms with Gasteiger partial charge in [0.25, 0.3) is 0 Å². The van der Waals surface area contributed by atoms with E-state index in [1.54, 1.807) is 18.2 Å². The van der Waals surface area contributed by atoms with Crippen molar-refractivity contribution in [1.29, 1.82) is 0 Å². The molecule has 0 aliphatic rings. The van der Waals surface area contributed by atoms with Gasteiger partial charge in [0.2, 0.25) is 11.7 Å². The maximum absolute atomic E-state index is 11.2. The number of amides is 1. The zero-order valence-corrected chi connectivity index (χ0v) is 8.90. The molecule has 7 heteroatoms. The van der Waals surface area contributed by atoms with Gasteiger partial charge in [0.15, 0.2) is 0 Å². The van der Waals surface area contributed by atoms with E-state index in [2.05, 4.69) is 25.9 Å². The Kier molecular flexibility index (Phi) is 3.11. The highest BCUT2D eigenvalue weighted by atomic mass is 35.5. The molecular weight excluding hydrogens is 230 g/mol. The van der Waals surface area contributed by atoms with Crippen molar-refractivity contribution in [2.75, 3.05) is 11.2 Å². The molecule has 1 amide bonds. The molecule has 2 aromatic rings. The van der Waals surface area contributed by atoms with Gasteiger partial charge in [-0.3, -0.25) is 4.79 Å². The fourth-order valence-electron chi connectivity index (χ4n) is 1.25. The molecule has 0 saturated heterocycles. The Labute approximate surface area is 96.0 Å². The second-order valence-corrected chi connectivity index (χ2v) is 3.23. The predicted octanol–water partition coefficient (Wildman–Crippen LogP) is 1.04. The van der Waals surface area contributed by atoms with Crippen LogP contribution in [0.1, 0.15) is 0 Å². The van der Waals surface area contributed by atoms with Crippen LogP contribution in [0, 0.1) is 0 Å². The third-order valence-corrected chi connectivity index (χ3v) is 2.15. The number of rotatable bonds is 3. The summed E-state index contributed by atoms with van der Waals surface area (Å²) >= 11 is 5.42. The van der Waals surface area contributed by atoms with E-state index in [9.17, 15) is 4.79 Å². The van der Waals surface area contributed by atoms with Crippen molar-refractivity contribution in [3.8, 4) is 11.4 Å². The largest absolute Gasteiger partial charge is 0.324 e. The van der Waals surface area contributed by atoms with E-state index >= 15 is 0 Å².